The molecule has 0 unspecified atom stereocenters. The Labute approximate surface area is 123 Å². The predicted molar refractivity (Wildman–Crippen MR) is 84.1 cm³/mol. The van der Waals surface area contributed by atoms with Gasteiger partial charge in [-0.05, 0) is 37.3 Å². The molecular formula is C16H18N2OS. The number of carbonyl (C=O) groups excluding carboxylic acids is 1. The van der Waals surface area contributed by atoms with Gasteiger partial charge in [0.2, 0.25) is 5.91 Å². The molecule has 1 N–H and O–H groups in total. The first kappa shape index (κ1) is 14.6. The molecule has 1 aromatic heterocycles. The smallest absolute Gasteiger partial charge is 0.224 e. The third-order valence-corrected chi connectivity index (χ3v) is 3.65. The number of pyridine rings is 1. The topological polar surface area (TPSA) is 42.0 Å². The van der Waals surface area contributed by atoms with Crippen molar-refractivity contribution < 1.29 is 4.79 Å². The van der Waals surface area contributed by atoms with Gasteiger partial charge in [-0.3, -0.25) is 4.79 Å². The number of rotatable bonds is 5. The van der Waals surface area contributed by atoms with Gasteiger partial charge in [-0.1, -0.05) is 29.8 Å². The molecule has 0 spiro atoms. The van der Waals surface area contributed by atoms with Crippen LogP contribution in [0.25, 0.3) is 0 Å². The number of hydrogen-bond donors (Lipinski definition) is 1. The largest absolute Gasteiger partial charge is 0.325 e. The zero-order valence-electron chi connectivity index (χ0n) is 11.7. The summed E-state index contributed by atoms with van der Waals surface area (Å²) in [6, 6.07) is 12.0. The lowest BCUT2D eigenvalue weighted by molar-refractivity contribution is -0.116. The van der Waals surface area contributed by atoms with Gasteiger partial charge in [0.15, 0.2) is 0 Å². The van der Waals surface area contributed by atoms with E-state index in [-0.39, 0.29) is 5.91 Å². The molecule has 0 aliphatic rings. The first-order valence-corrected chi connectivity index (χ1v) is 7.75. The minimum atomic E-state index is 0.0178. The average molecular weight is 286 g/mol. The van der Waals surface area contributed by atoms with Gasteiger partial charge in [0.05, 0.1) is 16.9 Å². The van der Waals surface area contributed by atoms with Gasteiger partial charge in [-0.2, -0.15) is 0 Å². The average Bonchev–Trinajstić information content (AvgIpc) is 2.47. The summed E-state index contributed by atoms with van der Waals surface area (Å²) in [6.45, 7) is 2.06. The molecule has 0 aliphatic carbocycles. The number of carbonyl (C=O) groups is 1. The Morgan fingerprint density at radius 2 is 1.95 bits per heavy atom. The maximum atomic E-state index is 11.9. The second kappa shape index (κ2) is 7.10. The van der Waals surface area contributed by atoms with Crippen LogP contribution in [0.2, 0.25) is 0 Å². The molecule has 1 aromatic carbocycles. The second-order valence-electron chi connectivity index (χ2n) is 4.62. The van der Waals surface area contributed by atoms with Crippen molar-refractivity contribution in [3.05, 3.63) is 53.7 Å². The van der Waals surface area contributed by atoms with E-state index in [9.17, 15) is 4.79 Å². The van der Waals surface area contributed by atoms with E-state index in [2.05, 4.69) is 41.5 Å². The highest BCUT2D eigenvalue weighted by molar-refractivity contribution is 7.98. The molecule has 0 saturated carbocycles. The number of benzene rings is 1. The number of aryl methyl sites for hydroxylation is 2. The highest BCUT2D eigenvalue weighted by atomic mass is 32.2. The molecule has 1 heterocycles. The van der Waals surface area contributed by atoms with Crippen molar-refractivity contribution in [3.63, 3.8) is 0 Å². The molecule has 0 atom stereocenters. The van der Waals surface area contributed by atoms with Crippen LogP contribution in [-0.2, 0) is 11.2 Å². The molecular weight excluding hydrogens is 268 g/mol. The lowest BCUT2D eigenvalue weighted by Crippen LogP contribution is -2.12. The molecule has 20 heavy (non-hydrogen) atoms. The molecule has 0 fully saturated rings. The third kappa shape index (κ3) is 4.38. The lowest BCUT2D eigenvalue weighted by atomic mass is 10.1. The summed E-state index contributed by atoms with van der Waals surface area (Å²) in [5.41, 5.74) is 3.16. The summed E-state index contributed by atoms with van der Waals surface area (Å²) in [5.74, 6) is 0.0178. The van der Waals surface area contributed by atoms with Crippen molar-refractivity contribution in [2.45, 2.75) is 24.8 Å². The van der Waals surface area contributed by atoms with Gasteiger partial charge in [0.1, 0.15) is 0 Å². The van der Waals surface area contributed by atoms with Crippen molar-refractivity contribution in [3.8, 4) is 0 Å². The highest BCUT2D eigenvalue weighted by Gasteiger charge is 2.03. The number of thioether (sulfide) groups is 1. The van der Waals surface area contributed by atoms with E-state index in [1.54, 1.807) is 18.0 Å². The number of nitrogens with zero attached hydrogens (tertiary/aromatic N) is 1. The van der Waals surface area contributed by atoms with Gasteiger partial charge < -0.3 is 5.32 Å². The maximum Gasteiger partial charge on any atom is 0.224 e. The number of nitrogens with one attached hydrogen (secondary N) is 1. The number of anilines is 1. The van der Waals surface area contributed by atoms with E-state index >= 15 is 0 Å². The highest BCUT2D eigenvalue weighted by Crippen LogP contribution is 2.14. The number of hydrogen-bond acceptors (Lipinski definition) is 3. The molecule has 1 amide bonds. The number of amides is 1. The molecule has 0 radical (unpaired) electrons. The van der Waals surface area contributed by atoms with Gasteiger partial charge in [0.25, 0.3) is 0 Å². The van der Waals surface area contributed by atoms with Crippen LogP contribution in [0, 0.1) is 6.92 Å². The summed E-state index contributed by atoms with van der Waals surface area (Å²) in [4.78, 5) is 16.1. The van der Waals surface area contributed by atoms with Crippen molar-refractivity contribution in [2.24, 2.45) is 0 Å². The van der Waals surface area contributed by atoms with Gasteiger partial charge in [0, 0.05) is 6.42 Å². The van der Waals surface area contributed by atoms with Crippen LogP contribution < -0.4 is 5.32 Å². The summed E-state index contributed by atoms with van der Waals surface area (Å²) < 4.78 is 0. The molecule has 104 valence electrons. The van der Waals surface area contributed by atoms with Crippen LogP contribution in [-0.4, -0.2) is 17.1 Å². The van der Waals surface area contributed by atoms with Crippen LogP contribution >= 0.6 is 11.8 Å². The van der Waals surface area contributed by atoms with E-state index in [4.69, 9.17) is 0 Å². The van der Waals surface area contributed by atoms with Crippen LogP contribution in [0.5, 0.6) is 0 Å². The van der Waals surface area contributed by atoms with Crippen molar-refractivity contribution in [1.82, 2.24) is 4.98 Å². The summed E-state index contributed by atoms with van der Waals surface area (Å²) >= 11 is 1.58. The Morgan fingerprint density at radius 3 is 2.55 bits per heavy atom. The summed E-state index contributed by atoms with van der Waals surface area (Å²) in [7, 11) is 0. The van der Waals surface area contributed by atoms with Crippen LogP contribution in [0.15, 0.2) is 47.6 Å². The first-order valence-electron chi connectivity index (χ1n) is 6.53. The lowest BCUT2D eigenvalue weighted by Gasteiger charge is -2.06. The Hall–Kier alpha value is -1.81. The summed E-state index contributed by atoms with van der Waals surface area (Å²) in [5, 5.41) is 3.81. The molecule has 2 aromatic rings. The minimum Gasteiger partial charge on any atom is -0.325 e. The van der Waals surface area contributed by atoms with Gasteiger partial charge in [-0.25, -0.2) is 4.98 Å². The van der Waals surface area contributed by atoms with Crippen LogP contribution in [0.4, 0.5) is 5.69 Å². The Balaban J connectivity index is 1.84. The molecule has 0 aliphatic heterocycles. The van der Waals surface area contributed by atoms with Gasteiger partial charge in [-0.15, -0.1) is 11.8 Å². The maximum absolute atomic E-state index is 11.9. The van der Waals surface area contributed by atoms with Crippen molar-refractivity contribution >= 4 is 23.4 Å². The minimum absolute atomic E-state index is 0.0178. The standard InChI is InChI=1S/C16H18N2OS/c1-12-3-5-13(6-4-12)7-9-15(19)18-14-8-10-16(20-2)17-11-14/h3-6,8,10-11H,7,9H2,1-2H3,(H,18,19). The third-order valence-electron chi connectivity index (χ3n) is 2.99. The van der Waals surface area contributed by atoms with Crippen molar-refractivity contribution in [1.29, 1.82) is 0 Å². The van der Waals surface area contributed by atoms with Crippen molar-refractivity contribution in [2.75, 3.05) is 11.6 Å². The normalized spacial score (nSPS) is 10.3. The molecule has 0 saturated heterocycles. The molecule has 4 heteroatoms. The Morgan fingerprint density at radius 1 is 1.20 bits per heavy atom. The first-order chi connectivity index (χ1) is 9.67. The fourth-order valence-corrected chi connectivity index (χ4v) is 2.17. The van der Waals surface area contributed by atoms with E-state index in [1.807, 2.05) is 18.4 Å². The Bertz CT molecular complexity index is 564. The van der Waals surface area contributed by atoms with Crippen LogP contribution in [0.3, 0.4) is 0 Å². The predicted octanol–water partition coefficient (Wildman–Crippen LogP) is 3.68. The quantitative estimate of drug-likeness (QED) is 0.852. The van der Waals surface area contributed by atoms with E-state index in [1.165, 1.54) is 11.1 Å². The monoisotopic (exact) mass is 286 g/mol. The SMILES string of the molecule is CSc1ccc(NC(=O)CCc2ccc(C)cc2)cn1. The van der Waals surface area contributed by atoms with E-state index in [0.29, 0.717) is 6.42 Å². The number of aromatic nitrogens is 1. The molecule has 0 bridgehead atoms. The fraction of sp³-hybridized carbons (Fsp3) is 0.250. The Kier molecular flexibility index (Phi) is 5.18. The molecule has 3 nitrogen and oxygen atoms in total. The summed E-state index contributed by atoms with van der Waals surface area (Å²) in [6.07, 6.45) is 4.90. The van der Waals surface area contributed by atoms with E-state index < -0.39 is 0 Å². The second-order valence-corrected chi connectivity index (χ2v) is 5.45. The van der Waals surface area contributed by atoms with Crippen LogP contribution in [0.1, 0.15) is 17.5 Å². The van der Waals surface area contributed by atoms with Gasteiger partial charge >= 0.3 is 0 Å². The molecule has 2 rings (SSSR count). The fourth-order valence-electron chi connectivity index (χ4n) is 1.81. The van der Waals surface area contributed by atoms with E-state index in [0.717, 1.165) is 17.1 Å². The zero-order chi connectivity index (χ0) is 14.4. The zero-order valence-corrected chi connectivity index (χ0v) is 12.5.